The number of carbonyl (C=O) groups excluding carboxylic acids is 1. The van der Waals surface area contributed by atoms with Gasteiger partial charge in [-0.05, 0) is 41.7 Å². The van der Waals surface area contributed by atoms with Crippen molar-refractivity contribution in [3.05, 3.63) is 90.0 Å². The smallest absolute Gasteiger partial charge is 0.277 e. The van der Waals surface area contributed by atoms with E-state index in [0.29, 0.717) is 12.2 Å². The molecule has 1 N–H and O–H groups in total. The molecule has 4 heteroatoms. The lowest BCUT2D eigenvalue weighted by Gasteiger charge is -2.09. The van der Waals surface area contributed by atoms with Crippen molar-refractivity contribution < 1.29 is 9.53 Å². The molecule has 0 aliphatic rings. The number of aryl methyl sites for hydroxylation is 1. The van der Waals surface area contributed by atoms with Gasteiger partial charge in [0.2, 0.25) is 0 Å². The zero-order valence-corrected chi connectivity index (χ0v) is 16.2. The van der Waals surface area contributed by atoms with E-state index in [9.17, 15) is 4.79 Å². The fourth-order valence-electron chi connectivity index (χ4n) is 2.86. The quantitative estimate of drug-likeness (QED) is 0.470. The van der Waals surface area contributed by atoms with Gasteiger partial charge in [0.25, 0.3) is 5.91 Å². The highest BCUT2D eigenvalue weighted by atomic mass is 16.5. The average molecular weight is 372 g/mol. The number of nitrogens with one attached hydrogen (secondary N) is 1. The summed E-state index contributed by atoms with van der Waals surface area (Å²) in [6, 6.07) is 26.0. The number of nitrogens with zero attached hydrogens (tertiary/aromatic N) is 1. The molecule has 0 unspecified atom stereocenters. The molecule has 0 atom stereocenters. The topological polar surface area (TPSA) is 50.7 Å². The average Bonchev–Trinajstić information content (AvgIpc) is 2.75. The Morgan fingerprint density at radius 1 is 0.893 bits per heavy atom. The van der Waals surface area contributed by atoms with Crippen LogP contribution in [-0.2, 0) is 4.79 Å². The fraction of sp³-hybridized carbons (Fsp3) is 0.167. The van der Waals surface area contributed by atoms with Gasteiger partial charge in [0.1, 0.15) is 5.75 Å². The minimum absolute atomic E-state index is 0.0711. The second-order valence-corrected chi connectivity index (χ2v) is 6.44. The maximum Gasteiger partial charge on any atom is 0.277 e. The number of ether oxygens (including phenoxy) is 1. The minimum Gasteiger partial charge on any atom is -0.483 e. The van der Waals surface area contributed by atoms with Gasteiger partial charge >= 0.3 is 0 Å². The number of hydrogen-bond donors (Lipinski definition) is 1. The molecule has 1 amide bonds. The predicted molar refractivity (Wildman–Crippen MR) is 114 cm³/mol. The van der Waals surface area contributed by atoms with Crippen molar-refractivity contribution in [2.45, 2.75) is 20.3 Å². The van der Waals surface area contributed by atoms with Crippen molar-refractivity contribution in [1.29, 1.82) is 0 Å². The number of amides is 1. The minimum atomic E-state index is -0.282. The Balaban J connectivity index is 1.61. The van der Waals surface area contributed by atoms with Gasteiger partial charge in [0.05, 0.1) is 5.71 Å². The van der Waals surface area contributed by atoms with Gasteiger partial charge in [0, 0.05) is 0 Å². The molecule has 0 saturated heterocycles. The van der Waals surface area contributed by atoms with Gasteiger partial charge in [-0.3, -0.25) is 4.79 Å². The van der Waals surface area contributed by atoms with Crippen LogP contribution in [0.15, 0.2) is 84.0 Å². The largest absolute Gasteiger partial charge is 0.483 e. The number of para-hydroxylation sites is 1. The molecule has 0 aliphatic carbocycles. The highest BCUT2D eigenvalue weighted by molar-refractivity contribution is 6.01. The lowest BCUT2D eigenvalue weighted by molar-refractivity contribution is -0.123. The molecule has 4 nitrogen and oxygen atoms in total. The van der Waals surface area contributed by atoms with Crippen LogP contribution in [0, 0.1) is 6.92 Å². The third-order valence-corrected chi connectivity index (χ3v) is 4.43. The van der Waals surface area contributed by atoms with Crippen LogP contribution < -0.4 is 10.2 Å². The number of rotatable bonds is 7. The van der Waals surface area contributed by atoms with Crippen LogP contribution in [0.1, 0.15) is 24.5 Å². The molecule has 0 fully saturated rings. The predicted octanol–water partition coefficient (Wildman–Crippen LogP) is 4.97. The van der Waals surface area contributed by atoms with E-state index in [0.717, 1.165) is 22.4 Å². The first-order valence-corrected chi connectivity index (χ1v) is 9.37. The Morgan fingerprint density at radius 2 is 1.54 bits per heavy atom. The van der Waals surface area contributed by atoms with Crippen LogP contribution in [-0.4, -0.2) is 18.2 Å². The first-order valence-electron chi connectivity index (χ1n) is 9.37. The van der Waals surface area contributed by atoms with E-state index in [1.165, 1.54) is 5.56 Å². The summed E-state index contributed by atoms with van der Waals surface area (Å²) in [6.07, 6.45) is 0.712. The molecule has 0 spiro atoms. The molecule has 0 aromatic heterocycles. The number of benzene rings is 3. The standard InChI is InChI=1S/C24H24N2O2/c1-3-22(21-15-13-20(14-16-21)19-10-5-4-6-11-19)25-26-24(27)17-28-23-12-8-7-9-18(23)2/h4-16H,3,17H2,1-2H3,(H,26,27). The van der Waals surface area contributed by atoms with E-state index >= 15 is 0 Å². The summed E-state index contributed by atoms with van der Waals surface area (Å²) >= 11 is 0. The van der Waals surface area contributed by atoms with Gasteiger partial charge in [0.15, 0.2) is 6.61 Å². The summed E-state index contributed by atoms with van der Waals surface area (Å²) in [5.41, 5.74) is 7.72. The molecule has 142 valence electrons. The van der Waals surface area contributed by atoms with Gasteiger partial charge in [-0.15, -0.1) is 0 Å². The van der Waals surface area contributed by atoms with E-state index in [1.807, 2.05) is 68.4 Å². The first-order chi connectivity index (χ1) is 13.7. The first kappa shape index (κ1) is 19.4. The molecule has 3 aromatic carbocycles. The van der Waals surface area contributed by atoms with Crippen LogP contribution in [0.5, 0.6) is 5.75 Å². The highest BCUT2D eigenvalue weighted by Crippen LogP contribution is 2.20. The van der Waals surface area contributed by atoms with Crippen molar-refractivity contribution >= 4 is 11.6 Å². The number of hydrogen-bond acceptors (Lipinski definition) is 3. The number of carbonyl (C=O) groups is 1. The summed E-state index contributed by atoms with van der Waals surface area (Å²) in [6.45, 7) is 3.89. The van der Waals surface area contributed by atoms with Crippen molar-refractivity contribution in [3.63, 3.8) is 0 Å². The molecule has 0 bridgehead atoms. The summed E-state index contributed by atoms with van der Waals surface area (Å²) in [5, 5.41) is 4.29. The van der Waals surface area contributed by atoms with Gasteiger partial charge < -0.3 is 4.74 Å². The lowest BCUT2D eigenvalue weighted by Crippen LogP contribution is -2.26. The highest BCUT2D eigenvalue weighted by Gasteiger charge is 2.06. The summed E-state index contributed by atoms with van der Waals surface area (Å²) < 4.78 is 5.55. The maximum absolute atomic E-state index is 12.1. The van der Waals surface area contributed by atoms with Crippen LogP contribution in [0.2, 0.25) is 0 Å². The zero-order chi connectivity index (χ0) is 19.8. The Bertz CT molecular complexity index is 948. The van der Waals surface area contributed by atoms with Gasteiger partial charge in [-0.25, -0.2) is 5.43 Å². The van der Waals surface area contributed by atoms with Gasteiger partial charge in [-0.2, -0.15) is 5.10 Å². The molecule has 3 aromatic rings. The monoisotopic (exact) mass is 372 g/mol. The SMILES string of the molecule is CCC(=NNC(=O)COc1ccccc1C)c1ccc(-c2ccccc2)cc1. The summed E-state index contributed by atoms with van der Waals surface area (Å²) in [7, 11) is 0. The second kappa shape index (κ2) is 9.51. The van der Waals surface area contributed by atoms with Crippen molar-refractivity contribution in [1.82, 2.24) is 5.43 Å². The van der Waals surface area contributed by atoms with Crippen LogP contribution >= 0.6 is 0 Å². The normalized spacial score (nSPS) is 11.1. The Hall–Kier alpha value is -3.40. The molecule has 0 radical (unpaired) electrons. The maximum atomic E-state index is 12.1. The van der Waals surface area contributed by atoms with Crippen LogP contribution in [0.3, 0.4) is 0 Å². The molecular weight excluding hydrogens is 348 g/mol. The second-order valence-electron chi connectivity index (χ2n) is 6.44. The molecule has 3 rings (SSSR count). The van der Waals surface area contributed by atoms with Crippen LogP contribution in [0.25, 0.3) is 11.1 Å². The van der Waals surface area contributed by atoms with E-state index in [2.05, 4.69) is 34.8 Å². The number of hydrazone groups is 1. The van der Waals surface area contributed by atoms with E-state index in [4.69, 9.17) is 4.74 Å². The fourth-order valence-corrected chi connectivity index (χ4v) is 2.86. The van der Waals surface area contributed by atoms with Crippen molar-refractivity contribution in [2.24, 2.45) is 5.10 Å². The third kappa shape index (κ3) is 5.07. The summed E-state index contributed by atoms with van der Waals surface area (Å²) in [4.78, 5) is 12.1. The van der Waals surface area contributed by atoms with E-state index in [-0.39, 0.29) is 12.5 Å². The zero-order valence-electron chi connectivity index (χ0n) is 16.2. The molecule has 28 heavy (non-hydrogen) atoms. The van der Waals surface area contributed by atoms with Crippen LogP contribution in [0.4, 0.5) is 0 Å². The Morgan fingerprint density at radius 3 is 2.21 bits per heavy atom. The lowest BCUT2D eigenvalue weighted by atomic mass is 10.0. The Kier molecular flexibility index (Phi) is 6.58. The van der Waals surface area contributed by atoms with E-state index in [1.54, 1.807) is 0 Å². The van der Waals surface area contributed by atoms with E-state index < -0.39 is 0 Å². The van der Waals surface area contributed by atoms with Gasteiger partial charge in [-0.1, -0.05) is 79.7 Å². The molecule has 0 aliphatic heterocycles. The molecule has 0 saturated carbocycles. The molecule has 0 heterocycles. The third-order valence-electron chi connectivity index (χ3n) is 4.43. The van der Waals surface area contributed by atoms with Crippen molar-refractivity contribution in [3.8, 4) is 16.9 Å². The van der Waals surface area contributed by atoms with Crippen molar-refractivity contribution in [2.75, 3.05) is 6.61 Å². The molecular formula is C24H24N2O2. The summed E-state index contributed by atoms with van der Waals surface area (Å²) in [5.74, 6) is 0.420. The Labute approximate surface area is 165 Å².